The highest BCUT2D eigenvalue weighted by molar-refractivity contribution is 6.30. The highest BCUT2D eigenvalue weighted by Gasteiger charge is 2.11. The maximum atomic E-state index is 12.4. The van der Waals surface area contributed by atoms with E-state index in [4.69, 9.17) is 16.3 Å². The Bertz CT molecular complexity index is 1340. The number of hydrogen-bond donors (Lipinski definition) is 2. The van der Waals surface area contributed by atoms with Gasteiger partial charge in [0.15, 0.2) is 0 Å². The van der Waals surface area contributed by atoms with Gasteiger partial charge in [-0.25, -0.2) is 9.97 Å². The van der Waals surface area contributed by atoms with Crippen molar-refractivity contribution in [1.82, 2.24) is 9.97 Å². The van der Waals surface area contributed by atoms with Crippen LogP contribution in [0.1, 0.15) is 12.0 Å². The summed E-state index contributed by atoms with van der Waals surface area (Å²) >= 11 is 6.02. The summed E-state index contributed by atoms with van der Waals surface area (Å²) in [6, 6.07) is 25.3. The van der Waals surface area contributed by atoms with Crippen molar-refractivity contribution < 1.29 is 9.53 Å². The van der Waals surface area contributed by atoms with Crippen LogP contribution in [0.2, 0.25) is 5.02 Å². The lowest BCUT2D eigenvalue weighted by Crippen LogP contribution is -2.36. The van der Waals surface area contributed by atoms with Gasteiger partial charge in [-0.2, -0.15) is 0 Å². The number of aromatic nitrogens is 2. The van der Waals surface area contributed by atoms with Crippen molar-refractivity contribution in [2.45, 2.75) is 12.8 Å². The number of carbonyl (C=O) groups is 1. The summed E-state index contributed by atoms with van der Waals surface area (Å²) in [5, 5.41) is 6.91. The maximum Gasteiger partial charge on any atom is 0.227 e. The molecule has 0 unspecified atom stereocenters. The molecule has 1 amide bonds. The zero-order chi connectivity index (χ0) is 25.5. The van der Waals surface area contributed by atoms with Crippen LogP contribution in [-0.2, 0) is 16.0 Å². The predicted molar refractivity (Wildman–Crippen MR) is 149 cm³/mol. The van der Waals surface area contributed by atoms with Crippen molar-refractivity contribution in [2.24, 2.45) is 0 Å². The van der Waals surface area contributed by atoms with E-state index < -0.39 is 0 Å². The van der Waals surface area contributed by atoms with E-state index in [2.05, 4.69) is 37.6 Å². The molecule has 0 atom stereocenters. The Kier molecular flexibility index (Phi) is 7.93. The highest BCUT2D eigenvalue weighted by atomic mass is 35.5. The molecule has 2 N–H and O–H groups in total. The molecule has 8 heteroatoms. The number of ether oxygens (including phenoxy) is 1. The van der Waals surface area contributed by atoms with Crippen molar-refractivity contribution in [3.63, 3.8) is 0 Å². The molecule has 1 aliphatic heterocycles. The van der Waals surface area contributed by atoms with Gasteiger partial charge in [-0.1, -0.05) is 35.9 Å². The van der Waals surface area contributed by atoms with Gasteiger partial charge in [-0.3, -0.25) is 4.79 Å². The van der Waals surface area contributed by atoms with Crippen molar-refractivity contribution in [3.8, 4) is 11.3 Å². The molecular formula is C29H28ClN5O2. The number of anilines is 4. The number of aryl methyl sites for hydroxylation is 1. The van der Waals surface area contributed by atoms with E-state index in [1.807, 2.05) is 66.7 Å². The number of nitrogens with zero attached hydrogens (tertiary/aromatic N) is 3. The first-order valence-electron chi connectivity index (χ1n) is 12.3. The van der Waals surface area contributed by atoms with Crippen LogP contribution in [0.15, 0.2) is 85.1 Å². The zero-order valence-corrected chi connectivity index (χ0v) is 21.1. The van der Waals surface area contributed by atoms with E-state index in [1.165, 1.54) is 5.69 Å². The average molecular weight is 514 g/mol. The first-order valence-corrected chi connectivity index (χ1v) is 12.7. The monoisotopic (exact) mass is 513 g/mol. The molecule has 1 fully saturated rings. The van der Waals surface area contributed by atoms with Crippen LogP contribution in [0.25, 0.3) is 11.3 Å². The third-order valence-electron chi connectivity index (χ3n) is 6.15. The van der Waals surface area contributed by atoms with Gasteiger partial charge >= 0.3 is 0 Å². The fraction of sp³-hybridized carbons (Fsp3) is 0.207. The number of halogens is 1. The molecule has 7 nitrogen and oxygen atoms in total. The maximum absolute atomic E-state index is 12.4. The van der Waals surface area contributed by atoms with Crippen molar-refractivity contribution in [2.75, 3.05) is 41.8 Å². The summed E-state index contributed by atoms with van der Waals surface area (Å²) in [5.41, 5.74) is 5.61. The van der Waals surface area contributed by atoms with Crippen LogP contribution in [0, 0.1) is 0 Å². The van der Waals surface area contributed by atoms with E-state index in [0.29, 0.717) is 23.8 Å². The van der Waals surface area contributed by atoms with E-state index in [-0.39, 0.29) is 5.91 Å². The first-order chi connectivity index (χ1) is 18.1. The Morgan fingerprint density at radius 1 is 0.946 bits per heavy atom. The van der Waals surface area contributed by atoms with Crippen LogP contribution in [0.5, 0.6) is 0 Å². The minimum Gasteiger partial charge on any atom is -0.378 e. The van der Waals surface area contributed by atoms with Crippen molar-refractivity contribution >= 4 is 40.5 Å². The molecule has 0 saturated carbocycles. The van der Waals surface area contributed by atoms with Gasteiger partial charge < -0.3 is 20.3 Å². The molecule has 0 aliphatic carbocycles. The summed E-state index contributed by atoms with van der Waals surface area (Å²) < 4.78 is 5.43. The van der Waals surface area contributed by atoms with E-state index in [1.54, 1.807) is 6.20 Å². The number of morpholine rings is 1. The predicted octanol–water partition coefficient (Wildman–Crippen LogP) is 5.95. The first kappa shape index (κ1) is 24.7. The number of rotatable bonds is 8. The van der Waals surface area contributed by atoms with Crippen molar-refractivity contribution in [1.29, 1.82) is 0 Å². The van der Waals surface area contributed by atoms with Crippen LogP contribution in [-0.4, -0.2) is 42.2 Å². The summed E-state index contributed by atoms with van der Waals surface area (Å²) in [6.45, 7) is 3.34. The molecule has 1 aromatic heterocycles. The number of carbonyl (C=O) groups excluding carboxylic acids is 1. The summed E-state index contributed by atoms with van der Waals surface area (Å²) in [6.07, 6.45) is 2.76. The van der Waals surface area contributed by atoms with E-state index >= 15 is 0 Å². The topological polar surface area (TPSA) is 79.4 Å². The van der Waals surface area contributed by atoms with Crippen LogP contribution < -0.4 is 15.5 Å². The molecule has 0 radical (unpaired) electrons. The average Bonchev–Trinajstić information content (AvgIpc) is 2.93. The lowest BCUT2D eigenvalue weighted by Gasteiger charge is -2.28. The molecular weight excluding hydrogens is 486 g/mol. The number of benzene rings is 3. The van der Waals surface area contributed by atoms with Gasteiger partial charge in [0.25, 0.3) is 0 Å². The van der Waals surface area contributed by atoms with Gasteiger partial charge in [-0.15, -0.1) is 0 Å². The fourth-order valence-corrected chi connectivity index (χ4v) is 4.40. The molecule has 4 aromatic rings. The lowest BCUT2D eigenvalue weighted by atomic mass is 10.1. The minimum absolute atomic E-state index is 0.0408. The zero-order valence-electron chi connectivity index (χ0n) is 20.4. The lowest BCUT2D eigenvalue weighted by molar-refractivity contribution is -0.116. The van der Waals surface area contributed by atoms with E-state index in [0.717, 1.165) is 54.5 Å². The Morgan fingerprint density at radius 2 is 1.70 bits per heavy atom. The second-order valence-electron chi connectivity index (χ2n) is 8.79. The largest absolute Gasteiger partial charge is 0.378 e. The number of amides is 1. The minimum atomic E-state index is -0.0408. The second-order valence-corrected chi connectivity index (χ2v) is 9.23. The van der Waals surface area contributed by atoms with Crippen LogP contribution in [0.3, 0.4) is 0 Å². The Morgan fingerprint density at radius 3 is 2.46 bits per heavy atom. The molecule has 1 saturated heterocycles. The third-order valence-corrected chi connectivity index (χ3v) is 6.38. The third kappa shape index (κ3) is 6.84. The molecule has 188 valence electrons. The standard InChI is InChI=1S/C29H28ClN5O2/c30-23-3-1-2-21(20-23)4-13-28(36)32-24-7-5-22(6-8-24)27-14-15-31-29(34-27)33-25-9-11-26(12-10-25)35-16-18-37-19-17-35/h1-3,5-12,14-15,20H,4,13,16-19H2,(H,32,36)(H,31,33,34). The van der Waals surface area contributed by atoms with Gasteiger partial charge in [0.2, 0.25) is 11.9 Å². The van der Waals surface area contributed by atoms with Crippen LogP contribution in [0.4, 0.5) is 23.0 Å². The normalized spacial score (nSPS) is 13.3. The second kappa shape index (κ2) is 11.9. The smallest absolute Gasteiger partial charge is 0.227 e. The Labute approximate surface area is 221 Å². The van der Waals surface area contributed by atoms with E-state index in [9.17, 15) is 4.79 Å². The molecule has 0 bridgehead atoms. The molecule has 2 heterocycles. The van der Waals surface area contributed by atoms with Gasteiger partial charge in [-0.05, 0) is 66.6 Å². The van der Waals surface area contributed by atoms with Crippen LogP contribution >= 0.6 is 11.6 Å². The molecule has 0 spiro atoms. The Balaban J connectivity index is 1.17. The number of nitrogens with one attached hydrogen (secondary N) is 2. The molecule has 1 aliphatic rings. The van der Waals surface area contributed by atoms with Crippen molar-refractivity contribution in [3.05, 3.63) is 95.6 Å². The Hall–Kier alpha value is -3.94. The summed E-state index contributed by atoms with van der Waals surface area (Å²) in [5.74, 6) is 0.482. The van der Waals surface area contributed by atoms with Gasteiger partial charge in [0.1, 0.15) is 0 Å². The fourth-order valence-electron chi connectivity index (χ4n) is 4.18. The highest BCUT2D eigenvalue weighted by Crippen LogP contribution is 2.24. The summed E-state index contributed by atoms with van der Waals surface area (Å²) in [4.78, 5) is 23.7. The molecule has 3 aromatic carbocycles. The molecule has 5 rings (SSSR count). The number of hydrogen-bond acceptors (Lipinski definition) is 6. The quantitative estimate of drug-likeness (QED) is 0.303. The van der Waals surface area contributed by atoms with Gasteiger partial charge in [0, 0.05) is 53.4 Å². The SMILES string of the molecule is O=C(CCc1cccc(Cl)c1)Nc1ccc(-c2ccnc(Nc3ccc(N4CCOCC4)cc3)n2)cc1. The van der Waals surface area contributed by atoms with Gasteiger partial charge in [0.05, 0.1) is 18.9 Å². The summed E-state index contributed by atoms with van der Waals surface area (Å²) in [7, 11) is 0. The molecule has 37 heavy (non-hydrogen) atoms.